The highest BCUT2D eigenvalue weighted by molar-refractivity contribution is 5.97. The number of hydrogen-bond acceptors (Lipinski definition) is 5. The summed E-state index contributed by atoms with van der Waals surface area (Å²) >= 11 is 0. The van der Waals surface area contributed by atoms with Crippen molar-refractivity contribution in [2.24, 2.45) is 0 Å². The van der Waals surface area contributed by atoms with Gasteiger partial charge in [-0.3, -0.25) is 14.4 Å². The van der Waals surface area contributed by atoms with Crippen molar-refractivity contribution >= 4 is 29.1 Å². The molecule has 1 aliphatic rings. The number of benzene rings is 2. The number of furan rings is 1. The van der Waals surface area contributed by atoms with Crippen LogP contribution in [-0.2, 0) is 11.3 Å². The smallest absolute Gasteiger partial charge is 0.253 e. The lowest BCUT2D eigenvalue weighted by Gasteiger charge is -2.20. The Bertz CT molecular complexity index is 1130. The molecule has 35 heavy (non-hydrogen) atoms. The largest absolute Gasteiger partial charge is 0.467 e. The normalized spacial score (nSPS) is 13.5. The van der Waals surface area contributed by atoms with Gasteiger partial charge in [0, 0.05) is 35.6 Å². The van der Waals surface area contributed by atoms with E-state index in [1.807, 2.05) is 23.1 Å². The van der Waals surface area contributed by atoms with Crippen molar-refractivity contribution in [1.82, 2.24) is 10.2 Å². The Labute approximate surface area is 204 Å². The molecule has 4 rings (SSSR count). The van der Waals surface area contributed by atoms with Gasteiger partial charge in [0.1, 0.15) is 5.76 Å². The molecule has 3 amide bonds. The predicted octanol–water partition coefficient (Wildman–Crippen LogP) is 4.28. The van der Waals surface area contributed by atoms with Crippen LogP contribution in [0.1, 0.15) is 52.2 Å². The summed E-state index contributed by atoms with van der Waals surface area (Å²) in [5.41, 5.74) is 2.41. The van der Waals surface area contributed by atoms with Crippen LogP contribution >= 0.6 is 0 Å². The van der Waals surface area contributed by atoms with Gasteiger partial charge in [0.2, 0.25) is 5.91 Å². The second-order valence-corrected chi connectivity index (χ2v) is 8.53. The molecule has 8 nitrogen and oxygen atoms in total. The number of carbonyl (C=O) groups excluding carboxylic acids is 3. The van der Waals surface area contributed by atoms with Crippen LogP contribution in [0.3, 0.4) is 0 Å². The number of nitrogens with one attached hydrogen (secondary N) is 3. The lowest BCUT2D eigenvalue weighted by Crippen LogP contribution is -2.31. The van der Waals surface area contributed by atoms with E-state index >= 15 is 0 Å². The summed E-state index contributed by atoms with van der Waals surface area (Å²) in [5.74, 6) is 0.250. The molecule has 3 aromatic rings. The second kappa shape index (κ2) is 11.9. The van der Waals surface area contributed by atoms with Gasteiger partial charge in [-0.25, -0.2) is 0 Å². The minimum absolute atomic E-state index is 0.0355. The number of likely N-dealkylation sites (tertiary alicyclic amines) is 1. The van der Waals surface area contributed by atoms with E-state index in [1.165, 1.54) is 12.8 Å². The Kier molecular flexibility index (Phi) is 8.17. The van der Waals surface area contributed by atoms with Crippen molar-refractivity contribution in [2.75, 3.05) is 30.3 Å². The van der Waals surface area contributed by atoms with E-state index in [4.69, 9.17) is 4.42 Å². The minimum atomic E-state index is -0.232. The van der Waals surface area contributed by atoms with Crippen LogP contribution in [0.4, 0.5) is 11.4 Å². The Morgan fingerprint density at radius 3 is 2.31 bits per heavy atom. The number of carbonyl (C=O) groups is 3. The summed E-state index contributed by atoms with van der Waals surface area (Å²) in [6.45, 7) is 1.94. The Balaban J connectivity index is 1.25. The highest BCUT2D eigenvalue weighted by Crippen LogP contribution is 2.17. The predicted molar refractivity (Wildman–Crippen MR) is 134 cm³/mol. The Morgan fingerprint density at radius 2 is 1.60 bits per heavy atom. The first-order valence-corrected chi connectivity index (χ1v) is 11.9. The molecule has 8 heteroatoms. The molecule has 0 unspecified atom stereocenters. The molecule has 1 saturated heterocycles. The summed E-state index contributed by atoms with van der Waals surface area (Å²) in [4.78, 5) is 39.4. The van der Waals surface area contributed by atoms with Crippen LogP contribution in [0, 0.1) is 0 Å². The maximum Gasteiger partial charge on any atom is 0.253 e. The first-order valence-electron chi connectivity index (χ1n) is 11.9. The van der Waals surface area contributed by atoms with Crippen LogP contribution in [0.25, 0.3) is 0 Å². The van der Waals surface area contributed by atoms with Gasteiger partial charge in [-0.05, 0) is 67.4 Å². The second-order valence-electron chi connectivity index (χ2n) is 8.53. The van der Waals surface area contributed by atoms with Gasteiger partial charge in [0.05, 0.1) is 19.4 Å². The monoisotopic (exact) mass is 474 g/mol. The Morgan fingerprint density at radius 1 is 0.829 bits per heavy atom. The quantitative estimate of drug-likeness (QED) is 0.452. The average molecular weight is 475 g/mol. The fraction of sp³-hybridized carbons (Fsp3) is 0.296. The van der Waals surface area contributed by atoms with Crippen LogP contribution < -0.4 is 16.0 Å². The van der Waals surface area contributed by atoms with Gasteiger partial charge in [-0.2, -0.15) is 0 Å². The zero-order chi connectivity index (χ0) is 24.5. The molecule has 1 aromatic heterocycles. The lowest BCUT2D eigenvalue weighted by atomic mass is 10.1. The molecule has 182 valence electrons. The molecule has 2 aromatic carbocycles. The van der Waals surface area contributed by atoms with Crippen LogP contribution in [0.2, 0.25) is 0 Å². The zero-order valence-corrected chi connectivity index (χ0v) is 19.6. The van der Waals surface area contributed by atoms with Crippen LogP contribution in [-0.4, -0.2) is 42.3 Å². The van der Waals surface area contributed by atoms with Gasteiger partial charge < -0.3 is 25.3 Å². The zero-order valence-electron chi connectivity index (χ0n) is 19.6. The molecule has 0 aliphatic carbocycles. The van der Waals surface area contributed by atoms with E-state index in [0.29, 0.717) is 34.8 Å². The molecular weight excluding hydrogens is 444 g/mol. The van der Waals surface area contributed by atoms with Gasteiger partial charge >= 0.3 is 0 Å². The standard InChI is InChI=1S/C27H30N4O4/c32-25(30-22-12-10-20(11-13-22)26(33)29-18-24-9-6-16-35-24)19-28-23-8-5-7-21(17-23)27(34)31-14-3-1-2-4-15-31/h5-13,16-17,28H,1-4,14-15,18-19H2,(H,29,33)(H,30,32). The van der Waals surface area contributed by atoms with Gasteiger partial charge in [-0.1, -0.05) is 18.9 Å². The van der Waals surface area contributed by atoms with Crippen molar-refractivity contribution in [3.8, 4) is 0 Å². The van der Waals surface area contributed by atoms with Crippen molar-refractivity contribution < 1.29 is 18.8 Å². The summed E-state index contributed by atoms with van der Waals surface area (Å²) in [6.07, 6.45) is 5.98. The minimum Gasteiger partial charge on any atom is -0.467 e. The van der Waals surface area contributed by atoms with Crippen LogP contribution in [0.15, 0.2) is 71.3 Å². The highest BCUT2D eigenvalue weighted by atomic mass is 16.3. The number of nitrogens with zero attached hydrogens (tertiary/aromatic N) is 1. The summed E-state index contributed by atoms with van der Waals surface area (Å²) in [7, 11) is 0. The third kappa shape index (κ3) is 6.96. The van der Waals surface area contributed by atoms with E-state index in [1.54, 1.807) is 48.7 Å². The molecule has 0 bridgehead atoms. The molecule has 2 heterocycles. The third-order valence-electron chi connectivity index (χ3n) is 5.89. The van der Waals surface area contributed by atoms with Gasteiger partial charge in [0.25, 0.3) is 11.8 Å². The summed E-state index contributed by atoms with van der Waals surface area (Å²) in [5, 5.41) is 8.66. The van der Waals surface area contributed by atoms with Crippen molar-refractivity contribution in [1.29, 1.82) is 0 Å². The average Bonchev–Trinajstić information content (AvgIpc) is 3.26. The first kappa shape index (κ1) is 24.1. The number of rotatable bonds is 8. The third-order valence-corrected chi connectivity index (χ3v) is 5.89. The van der Waals surface area contributed by atoms with E-state index in [-0.39, 0.29) is 24.3 Å². The van der Waals surface area contributed by atoms with Crippen molar-refractivity contribution in [3.05, 3.63) is 83.8 Å². The molecule has 1 fully saturated rings. The maximum absolute atomic E-state index is 12.8. The first-order chi connectivity index (χ1) is 17.1. The van der Waals surface area contributed by atoms with Gasteiger partial charge in [0.15, 0.2) is 0 Å². The fourth-order valence-corrected chi connectivity index (χ4v) is 3.99. The van der Waals surface area contributed by atoms with E-state index < -0.39 is 0 Å². The molecule has 0 saturated carbocycles. The molecule has 0 atom stereocenters. The number of anilines is 2. The molecular formula is C27H30N4O4. The summed E-state index contributed by atoms with van der Waals surface area (Å²) < 4.78 is 5.20. The molecule has 1 aliphatic heterocycles. The Hall–Kier alpha value is -4.07. The van der Waals surface area contributed by atoms with E-state index in [9.17, 15) is 14.4 Å². The highest BCUT2D eigenvalue weighted by Gasteiger charge is 2.17. The number of hydrogen-bond donors (Lipinski definition) is 3. The number of amides is 3. The van der Waals surface area contributed by atoms with Crippen molar-refractivity contribution in [3.63, 3.8) is 0 Å². The van der Waals surface area contributed by atoms with E-state index in [0.717, 1.165) is 25.9 Å². The lowest BCUT2D eigenvalue weighted by molar-refractivity contribution is -0.114. The topological polar surface area (TPSA) is 104 Å². The SMILES string of the molecule is O=C(CNc1cccc(C(=O)N2CCCCCC2)c1)Nc1ccc(C(=O)NCc2ccco2)cc1. The molecule has 0 spiro atoms. The van der Waals surface area contributed by atoms with Crippen LogP contribution in [0.5, 0.6) is 0 Å². The fourth-order valence-electron chi connectivity index (χ4n) is 3.99. The molecule has 0 radical (unpaired) electrons. The molecule has 3 N–H and O–H groups in total. The summed E-state index contributed by atoms with van der Waals surface area (Å²) in [6, 6.07) is 17.5. The van der Waals surface area contributed by atoms with Gasteiger partial charge in [-0.15, -0.1) is 0 Å². The van der Waals surface area contributed by atoms with Crippen molar-refractivity contribution in [2.45, 2.75) is 32.2 Å². The van der Waals surface area contributed by atoms with E-state index in [2.05, 4.69) is 16.0 Å². The maximum atomic E-state index is 12.8.